The van der Waals surface area contributed by atoms with Crippen molar-refractivity contribution in [1.29, 1.82) is 0 Å². The molecule has 0 radical (unpaired) electrons. The summed E-state index contributed by atoms with van der Waals surface area (Å²) in [5.74, 6) is 2.05. The summed E-state index contributed by atoms with van der Waals surface area (Å²) in [5.41, 5.74) is 3.99. The summed E-state index contributed by atoms with van der Waals surface area (Å²) < 4.78 is 7.52. The fourth-order valence-electron chi connectivity index (χ4n) is 2.94. The van der Waals surface area contributed by atoms with Gasteiger partial charge in [-0.1, -0.05) is 5.92 Å². The molecule has 0 saturated carbocycles. The highest BCUT2D eigenvalue weighted by molar-refractivity contribution is 5.72. The van der Waals surface area contributed by atoms with Crippen LogP contribution in [0.5, 0.6) is 0 Å². The maximum absolute atomic E-state index is 12.7. The van der Waals surface area contributed by atoms with E-state index in [1.54, 1.807) is 0 Å². The molecule has 11 nitrogen and oxygen atoms in total. The molecule has 1 aliphatic rings. The number of H-pyrrole nitrogens is 1. The van der Waals surface area contributed by atoms with Crippen LogP contribution in [0.15, 0.2) is 9.59 Å². The Morgan fingerprint density at radius 3 is 2.88 bits per heavy atom. The number of nitrogens with two attached hydrogens (primary N) is 1. The minimum absolute atomic E-state index is 0.0146. The maximum atomic E-state index is 12.7. The van der Waals surface area contributed by atoms with Gasteiger partial charge in [-0.25, -0.2) is 9.36 Å². The first-order valence-electron chi connectivity index (χ1n) is 7.45. The van der Waals surface area contributed by atoms with Gasteiger partial charge in [0.2, 0.25) is 5.95 Å². The number of aromatic amines is 1. The Labute approximate surface area is 140 Å². The summed E-state index contributed by atoms with van der Waals surface area (Å²) >= 11 is 0. The largest absolute Gasteiger partial charge is 0.394 e. The number of aromatic nitrogens is 4. The van der Waals surface area contributed by atoms with E-state index < -0.39 is 42.4 Å². The number of nitrogens with one attached hydrogen (secondary N) is 1. The average Bonchev–Trinajstić information content (AvgIpc) is 3.05. The number of nitrogens with zero attached hydrogens (tertiary/aromatic N) is 3. The predicted octanol–water partition coefficient (Wildman–Crippen LogP) is -2.90. The summed E-state index contributed by atoms with van der Waals surface area (Å²) in [6.45, 7) is -0.759. The van der Waals surface area contributed by atoms with Crippen molar-refractivity contribution in [3.8, 4) is 12.3 Å². The van der Waals surface area contributed by atoms with E-state index in [1.165, 1.54) is 0 Å². The van der Waals surface area contributed by atoms with Gasteiger partial charge in [-0.2, -0.15) is 4.98 Å². The van der Waals surface area contributed by atoms with E-state index in [2.05, 4.69) is 15.9 Å². The number of aliphatic hydroxyl groups is 3. The molecule has 0 bridgehead atoms. The van der Waals surface area contributed by atoms with Gasteiger partial charge in [-0.05, 0) is 0 Å². The van der Waals surface area contributed by atoms with Gasteiger partial charge in [-0.3, -0.25) is 14.3 Å². The van der Waals surface area contributed by atoms with Crippen molar-refractivity contribution in [3.05, 3.63) is 20.8 Å². The van der Waals surface area contributed by atoms with Crippen LogP contribution in [-0.2, 0) is 11.3 Å². The highest BCUT2D eigenvalue weighted by Gasteiger charge is 2.41. The van der Waals surface area contributed by atoms with E-state index in [0.717, 1.165) is 9.13 Å². The van der Waals surface area contributed by atoms with Crippen LogP contribution in [0.3, 0.4) is 0 Å². The van der Waals surface area contributed by atoms with Crippen molar-refractivity contribution in [2.45, 2.75) is 37.5 Å². The van der Waals surface area contributed by atoms with Crippen molar-refractivity contribution in [2.24, 2.45) is 0 Å². The normalized spacial score (nSPS) is 24.5. The fourth-order valence-corrected chi connectivity index (χ4v) is 2.94. The number of terminal acetylenes is 1. The first-order valence-corrected chi connectivity index (χ1v) is 7.45. The van der Waals surface area contributed by atoms with Crippen LogP contribution in [0.1, 0.15) is 12.6 Å². The molecule has 6 N–H and O–H groups in total. The van der Waals surface area contributed by atoms with Gasteiger partial charge in [-0.15, -0.1) is 6.42 Å². The van der Waals surface area contributed by atoms with Gasteiger partial charge in [0.25, 0.3) is 5.56 Å². The second-order valence-corrected chi connectivity index (χ2v) is 5.68. The van der Waals surface area contributed by atoms with Crippen molar-refractivity contribution < 1.29 is 20.1 Å². The molecule has 0 aliphatic carbocycles. The van der Waals surface area contributed by atoms with Crippen LogP contribution >= 0.6 is 0 Å². The van der Waals surface area contributed by atoms with Gasteiger partial charge in [0.15, 0.2) is 17.4 Å². The number of hydrogen-bond acceptors (Lipinski definition) is 8. The number of aliphatic hydroxyl groups excluding tert-OH is 3. The molecule has 3 rings (SSSR count). The minimum atomic E-state index is -1.23. The van der Waals surface area contributed by atoms with E-state index in [4.69, 9.17) is 22.0 Å². The van der Waals surface area contributed by atoms with Gasteiger partial charge in [0, 0.05) is 6.42 Å². The summed E-state index contributed by atoms with van der Waals surface area (Å²) in [6, 6.07) is 0. The molecular formula is C14H17N5O6. The highest BCUT2D eigenvalue weighted by Crippen LogP contribution is 2.31. The maximum Gasteiger partial charge on any atom is 0.333 e. The average molecular weight is 351 g/mol. The van der Waals surface area contributed by atoms with Crippen LogP contribution in [0.25, 0.3) is 11.2 Å². The summed E-state index contributed by atoms with van der Waals surface area (Å²) in [6.07, 6.45) is 0.741. The van der Waals surface area contributed by atoms with E-state index in [9.17, 15) is 19.8 Å². The van der Waals surface area contributed by atoms with Crippen LogP contribution in [0, 0.1) is 12.3 Å². The molecular weight excluding hydrogens is 334 g/mol. The quantitative estimate of drug-likeness (QED) is 0.365. The SMILES string of the molecule is C#CCn1c(=O)n([C@@H]2O[C@H]([C@@H](O)CO)C[C@H]2O)c2nc(N)[nH]c(=O)c21. The number of imidazole rings is 1. The number of rotatable bonds is 4. The standard InChI is InChI=1S/C14H17N5O6/c1-2-3-18-9-10(16-13(15)17-11(9)23)19(14(18)24)12-6(21)4-8(25-12)7(22)5-20/h1,6-8,12,20-22H,3-5H2,(H3,15,16,17,23)/t6-,7+,8+,12-/m1/s1. The molecule has 1 saturated heterocycles. The molecule has 4 atom stereocenters. The molecule has 2 aromatic heterocycles. The number of anilines is 1. The van der Waals surface area contributed by atoms with Gasteiger partial charge in [0.1, 0.15) is 12.2 Å². The monoisotopic (exact) mass is 351 g/mol. The minimum Gasteiger partial charge on any atom is -0.394 e. The zero-order chi connectivity index (χ0) is 18.3. The third kappa shape index (κ3) is 2.71. The lowest BCUT2D eigenvalue weighted by atomic mass is 10.1. The zero-order valence-corrected chi connectivity index (χ0v) is 13.0. The lowest BCUT2D eigenvalue weighted by molar-refractivity contribution is -0.0862. The van der Waals surface area contributed by atoms with Crippen LogP contribution in [-0.4, -0.2) is 59.3 Å². The van der Waals surface area contributed by atoms with E-state index in [1.807, 2.05) is 0 Å². The Hall–Kier alpha value is -2.65. The molecule has 2 aromatic rings. The van der Waals surface area contributed by atoms with E-state index in [-0.39, 0.29) is 30.1 Å². The zero-order valence-electron chi connectivity index (χ0n) is 13.0. The van der Waals surface area contributed by atoms with Gasteiger partial charge in [0.05, 0.1) is 19.3 Å². The summed E-state index contributed by atoms with van der Waals surface area (Å²) in [4.78, 5) is 31.1. The van der Waals surface area contributed by atoms with Crippen molar-refractivity contribution in [2.75, 3.05) is 12.3 Å². The lowest BCUT2D eigenvalue weighted by Gasteiger charge is -2.18. The van der Waals surface area contributed by atoms with Crippen molar-refractivity contribution in [1.82, 2.24) is 19.1 Å². The van der Waals surface area contributed by atoms with Crippen LogP contribution in [0.4, 0.5) is 5.95 Å². The molecule has 134 valence electrons. The summed E-state index contributed by atoms with van der Waals surface area (Å²) in [5, 5.41) is 29.0. The van der Waals surface area contributed by atoms with Crippen molar-refractivity contribution in [3.63, 3.8) is 0 Å². The Bertz CT molecular complexity index is 953. The predicted molar refractivity (Wildman–Crippen MR) is 85.5 cm³/mol. The molecule has 0 unspecified atom stereocenters. The molecule has 3 heterocycles. The van der Waals surface area contributed by atoms with Gasteiger partial charge < -0.3 is 25.8 Å². The van der Waals surface area contributed by atoms with E-state index >= 15 is 0 Å². The third-order valence-corrected chi connectivity index (χ3v) is 4.07. The number of fused-ring (bicyclic) bond motifs is 1. The number of ether oxygens (including phenoxy) is 1. The van der Waals surface area contributed by atoms with Crippen LogP contribution in [0.2, 0.25) is 0 Å². The molecule has 0 amide bonds. The second kappa shape index (κ2) is 6.34. The molecule has 0 aromatic carbocycles. The van der Waals surface area contributed by atoms with Crippen molar-refractivity contribution >= 4 is 17.1 Å². The first kappa shape index (κ1) is 17.2. The molecule has 25 heavy (non-hydrogen) atoms. The smallest absolute Gasteiger partial charge is 0.333 e. The Kier molecular flexibility index (Phi) is 4.36. The topological polar surface area (TPSA) is 169 Å². The second-order valence-electron chi connectivity index (χ2n) is 5.68. The first-order chi connectivity index (χ1) is 11.9. The Morgan fingerprint density at radius 2 is 2.24 bits per heavy atom. The molecule has 11 heteroatoms. The molecule has 0 spiro atoms. The fraction of sp³-hybridized carbons (Fsp3) is 0.500. The van der Waals surface area contributed by atoms with Crippen LogP contribution < -0.4 is 17.0 Å². The third-order valence-electron chi connectivity index (χ3n) is 4.07. The Balaban J connectivity index is 2.20. The summed E-state index contributed by atoms with van der Waals surface area (Å²) in [7, 11) is 0. The lowest BCUT2D eigenvalue weighted by Crippen LogP contribution is -2.33. The van der Waals surface area contributed by atoms with Gasteiger partial charge >= 0.3 is 5.69 Å². The number of nitrogen functional groups attached to an aromatic ring is 1. The Morgan fingerprint density at radius 1 is 1.52 bits per heavy atom. The van der Waals surface area contributed by atoms with E-state index in [0.29, 0.717) is 0 Å². The highest BCUT2D eigenvalue weighted by atomic mass is 16.5. The molecule has 1 fully saturated rings. The number of hydrogen-bond donors (Lipinski definition) is 5. The molecule has 1 aliphatic heterocycles.